The third-order valence-corrected chi connectivity index (χ3v) is 4.53. The highest BCUT2D eigenvalue weighted by molar-refractivity contribution is 5.91. The van der Waals surface area contributed by atoms with E-state index in [1.807, 2.05) is 29.4 Å². The van der Waals surface area contributed by atoms with Crippen LogP contribution in [-0.2, 0) is 6.54 Å². The first-order valence-corrected chi connectivity index (χ1v) is 7.91. The predicted octanol–water partition coefficient (Wildman–Crippen LogP) is 2.58. The molecule has 0 radical (unpaired) electrons. The van der Waals surface area contributed by atoms with E-state index in [1.54, 1.807) is 6.07 Å². The minimum Gasteiger partial charge on any atom is -0.351 e. The molecule has 1 aliphatic rings. The van der Waals surface area contributed by atoms with Crippen molar-refractivity contribution in [1.82, 2.24) is 19.6 Å². The van der Waals surface area contributed by atoms with Gasteiger partial charge >= 0.3 is 0 Å². The second-order valence-electron chi connectivity index (χ2n) is 6.00. The molecule has 1 fully saturated rings. The quantitative estimate of drug-likeness (QED) is 0.746. The van der Waals surface area contributed by atoms with Gasteiger partial charge in [-0.25, -0.2) is 4.98 Å². The molecule has 1 aliphatic heterocycles. The third-order valence-electron chi connectivity index (χ3n) is 4.53. The summed E-state index contributed by atoms with van der Waals surface area (Å²) in [7, 11) is 0. The van der Waals surface area contributed by atoms with Crippen molar-refractivity contribution in [2.75, 3.05) is 13.1 Å². The standard InChI is InChI=1S/C17H18N4O2/c22-17(16-5-8-19-23-16)20-9-6-13(7-10-20)11-21-12-18-14-3-1-2-4-15(14)21/h1-5,8,12-13H,6-7,9-11H2. The molecule has 0 atom stereocenters. The molecule has 6 heteroatoms. The van der Waals surface area contributed by atoms with Crippen molar-refractivity contribution in [1.29, 1.82) is 0 Å². The molecule has 4 rings (SSSR count). The summed E-state index contributed by atoms with van der Waals surface area (Å²) in [6.45, 7) is 2.47. The van der Waals surface area contributed by atoms with Crippen LogP contribution in [0.1, 0.15) is 23.4 Å². The molecule has 0 aliphatic carbocycles. The molecule has 2 aromatic heterocycles. The fourth-order valence-electron chi connectivity index (χ4n) is 3.23. The molecule has 23 heavy (non-hydrogen) atoms. The zero-order chi connectivity index (χ0) is 15.6. The molecular weight excluding hydrogens is 292 g/mol. The van der Waals surface area contributed by atoms with Crippen LogP contribution in [0.25, 0.3) is 11.0 Å². The maximum atomic E-state index is 12.2. The number of imidazole rings is 1. The van der Waals surface area contributed by atoms with Gasteiger partial charge in [0.25, 0.3) is 5.91 Å². The number of aromatic nitrogens is 3. The zero-order valence-corrected chi connectivity index (χ0v) is 12.8. The minimum absolute atomic E-state index is 0.0611. The van der Waals surface area contributed by atoms with Crippen LogP contribution in [0.5, 0.6) is 0 Å². The lowest BCUT2D eigenvalue weighted by atomic mass is 9.96. The van der Waals surface area contributed by atoms with Gasteiger partial charge < -0.3 is 14.0 Å². The van der Waals surface area contributed by atoms with Gasteiger partial charge in [0.05, 0.1) is 23.6 Å². The number of nitrogens with zero attached hydrogens (tertiary/aromatic N) is 4. The van der Waals surface area contributed by atoms with E-state index in [-0.39, 0.29) is 5.91 Å². The van der Waals surface area contributed by atoms with Crippen LogP contribution >= 0.6 is 0 Å². The van der Waals surface area contributed by atoms with E-state index in [4.69, 9.17) is 4.52 Å². The first kappa shape index (κ1) is 14.0. The van der Waals surface area contributed by atoms with Crippen molar-refractivity contribution in [3.8, 4) is 0 Å². The van der Waals surface area contributed by atoms with Crippen LogP contribution in [-0.4, -0.2) is 38.6 Å². The number of benzene rings is 1. The minimum atomic E-state index is -0.0611. The summed E-state index contributed by atoms with van der Waals surface area (Å²) in [5.74, 6) is 0.824. The van der Waals surface area contributed by atoms with Crippen LogP contribution in [0.3, 0.4) is 0 Å². The maximum Gasteiger partial charge on any atom is 0.292 e. The summed E-state index contributed by atoms with van der Waals surface area (Å²) >= 11 is 0. The van der Waals surface area contributed by atoms with Crippen LogP contribution < -0.4 is 0 Å². The maximum absolute atomic E-state index is 12.2. The molecule has 0 N–H and O–H groups in total. The molecule has 0 spiro atoms. The second kappa shape index (κ2) is 5.87. The topological polar surface area (TPSA) is 64.2 Å². The van der Waals surface area contributed by atoms with Crippen molar-refractivity contribution in [2.24, 2.45) is 5.92 Å². The number of rotatable bonds is 3. The summed E-state index contributed by atoms with van der Waals surface area (Å²) in [6.07, 6.45) is 5.40. The summed E-state index contributed by atoms with van der Waals surface area (Å²) in [5.41, 5.74) is 2.21. The SMILES string of the molecule is O=C(c1ccno1)N1CCC(Cn2cnc3ccccc32)CC1. The predicted molar refractivity (Wildman–Crippen MR) is 84.9 cm³/mol. The van der Waals surface area contributed by atoms with E-state index in [2.05, 4.69) is 20.8 Å². The highest BCUT2D eigenvalue weighted by Crippen LogP contribution is 2.22. The number of hydrogen-bond acceptors (Lipinski definition) is 4. The summed E-state index contributed by atoms with van der Waals surface area (Å²) in [6, 6.07) is 9.80. The Morgan fingerprint density at radius 2 is 2.04 bits per heavy atom. The second-order valence-corrected chi connectivity index (χ2v) is 6.00. The van der Waals surface area contributed by atoms with Crippen LogP contribution in [0, 0.1) is 5.92 Å². The van der Waals surface area contributed by atoms with E-state index < -0.39 is 0 Å². The molecule has 3 heterocycles. The van der Waals surface area contributed by atoms with Crippen LogP contribution in [0.15, 0.2) is 47.4 Å². The van der Waals surface area contributed by atoms with Gasteiger partial charge in [-0.2, -0.15) is 0 Å². The van der Waals surface area contributed by atoms with Crippen molar-refractivity contribution in [3.05, 3.63) is 48.6 Å². The molecule has 0 bridgehead atoms. The Balaban J connectivity index is 1.39. The Labute approximate surface area is 133 Å². The van der Waals surface area contributed by atoms with Gasteiger partial charge in [-0.3, -0.25) is 4.79 Å². The molecule has 0 unspecified atom stereocenters. The Hall–Kier alpha value is -2.63. The average molecular weight is 310 g/mol. The van der Waals surface area contributed by atoms with Gasteiger partial charge in [0.15, 0.2) is 0 Å². The Morgan fingerprint density at radius 3 is 2.83 bits per heavy atom. The lowest BCUT2D eigenvalue weighted by Crippen LogP contribution is -2.39. The molecule has 3 aromatic rings. The van der Waals surface area contributed by atoms with Crippen molar-refractivity contribution in [2.45, 2.75) is 19.4 Å². The summed E-state index contributed by atoms with van der Waals surface area (Å²) in [4.78, 5) is 18.5. The first-order chi connectivity index (χ1) is 11.3. The van der Waals surface area contributed by atoms with Gasteiger partial charge in [-0.05, 0) is 30.9 Å². The number of fused-ring (bicyclic) bond motifs is 1. The van der Waals surface area contributed by atoms with Crippen LogP contribution in [0.4, 0.5) is 0 Å². The Morgan fingerprint density at radius 1 is 1.22 bits per heavy atom. The Kier molecular flexibility index (Phi) is 3.57. The molecular formula is C17H18N4O2. The van der Waals surface area contributed by atoms with E-state index in [0.717, 1.165) is 38.0 Å². The molecule has 0 saturated carbocycles. The van der Waals surface area contributed by atoms with Crippen molar-refractivity contribution < 1.29 is 9.32 Å². The van der Waals surface area contributed by atoms with Crippen molar-refractivity contribution in [3.63, 3.8) is 0 Å². The smallest absolute Gasteiger partial charge is 0.292 e. The van der Waals surface area contributed by atoms with Gasteiger partial charge in [-0.15, -0.1) is 0 Å². The molecule has 118 valence electrons. The van der Waals surface area contributed by atoms with E-state index >= 15 is 0 Å². The normalized spacial score (nSPS) is 16.1. The van der Waals surface area contributed by atoms with Gasteiger partial charge in [0.1, 0.15) is 0 Å². The number of para-hydroxylation sites is 2. The number of hydrogen-bond donors (Lipinski definition) is 0. The lowest BCUT2D eigenvalue weighted by Gasteiger charge is -2.31. The molecule has 1 saturated heterocycles. The summed E-state index contributed by atoms with van der Waals surface area (Å²) < 4.78 is 7.17. The summed E-state index contributed by atoms with van der Waals surface area (Å²) in [5, 5.41) is 3.60. The average Bonchev–Trinajstić information content (AvgIpc) is 3.25. The lowest BCUT2D eigenvalue weighted by molar-refractivity contribution is 0.0641. The van der Waals surface area contributed by atoms with Gasteiger partial charge in [0, 0.05) is 25.7 Å². The van der Waals surface area contributed by atoms with Gasteiger partial charge in [0.2, 0.25) is 5.76 Å². The van der Waals surface area contributed by atoms with E-state index in [9.17, 15) is 4.79 Å². The fraction of sp³-hybridized carbons (Fsp3) is 0.353. The number of carbonyl (C=O) groups is 1. The largest absolute Gasteiger partial charge is 0.351 e. The molecule has 1 aromatic carbocycles. The number of piperidine rings is 1. The highest BCUT2D eigenvalue weighted by Gasteiger charge is 2.25. The highest BCUT2D eigenvalue weighted by atomic mass is 16.5. The Bertz CT molecular complexity index is 801. The van der Waals surface area contributed by atoms with Gasteiger partial charge in [-0.1, -0.05) is 17.3 Å². The number of likely N-dealkylation sites (tertiary alicyclic amines) is 1. The zero-order valence-electron chi connectivity index (χ0n) is 12.8. The monoisotopic (exact) mass is 310 g/mol. The van der Waals surface area contributed by atoms with Crippen LogP contribution in [0.2, 0.25) is 0 Å². The first-order valence-electron chi connectivity index (χ1n) is 7.91. The number of amides is 1. The third kappa shape index (κ3) is 2.72. The van der Waals surface area contributed by atoms with E-state index in [1.165, 1.54) is 11.7 Å². The molecule has 1 amide bonds. The fourth-order valence-corrected chi connectivity index (χ4v) is 3.23. The van der Waals surface area contributed by atoms with Crippen molar-refractivity contribution >= 4 is 16.9 Å². The molecule has 6 nitrogen and oxygen atoms in total. The van der Waals surface area contributed by atoms with E-state index in [0.29, 0.717) is 11.7 Å². The number of carbonyl (C=O) groups excluding carboxylic acids is 1.